The summed E-state index contributed by atoms with van der Waals surface area (Å²) in [5, 5.41) is 25.9. The predicted octanol–water partition coefficient (Wildman–Crippen LogP) is 2.48. The molecule has 2 aliphatic rings. The summed E-state index contributed by atoms with van der Waals surface area (Å²) in [7, 11) is 0. The van der Waals surface area contributed by atoms with E-state index in [-0.39, 0.29) is 11.9 Å². The number of rotatable bonds is 9. The van der Waals surface area contributed by atoms with Crippen molar-refractivity contribution in [2.24, 2.45) is 10.1 Å². The second-order valence-electron chi connectivity index (χ2n) is 7.30. The largest absolute Gasteiger partial charge is 0.463 e. The number of aliphatic hydroxyl groups is 1. The molecule has 0 aliphatic carbocycles. The van der Waals surface area contributed by atoms with Gasteiger partial charge in [0.15, 0.2) is 0 Å². The second-order valence-corrected chi connectivity index (χ2v) is 8.26. The van der Waals surface area contributed by atoms with Crippen LogP contribution in [0.2, 0.25) is 0 Å². The van der Waals surface area contributed by atoms with Crippen LogP contribution in [0.25, 0.3) is 0 Å². The van der Waals surface area contributed by atoms with Gasteiger partial charge in [0.1, 0.15) is 22.1 Å². The molecule has 1 amide bonds. The molecule has 29 heavy (non-hydrogen) atoms. The number of hydrogen-bond donors (Lipinski definition) is 3. The molecule has 0 aromatic rings. The minimum Gasteiger partial charge on any atom is -0.463 e. The van der Waals surface area contributed by atoms with E-state index in [0.717, 1.165) is 25.2 Å². The first-order valence-electron chi connectivity index (χ1n) is 10.0. The van der Waals surface area contributed by atoms with Crippen molar-refractivity contribution in [3.63, 3.8) is 0 Å². The smallest absolute Gasteiger partial charge is 0.249 e. The Balaban J connectivity index is 2.23. The summed E-state index contributed by atoms with van der Waals surface area (Å²) < 4.78 is 5.65. The van der Waals surface area contributed by atoms with Crippen LogP contribution in [0.1, 0.15) is 47.5 Å². The maximum absolute atomic E-state index is 13.1. The van der Waals surface area contributed by atoms with Crippen molar-refractivity contribution in [1.29, 1.82) is 0 Å². The minimum absolute atomic E-state index is 0.220. The van der Waals surface area contributed by atoms with E-state index in [9.17, 15) is 9.90 Å². The fourth-order valence-corrected chi connectivity index (χ4v) is 4.37. The highest BCUT2D eigenvalue weighted by Gasteiger charge is 2.40. The van der Waals surface area contributed by atoms with E-state index in [4.69, 9.17) is 9.94 Å². The number of hydrogen-bond acceptors (Lipinski definition) is 8. The summed E-state index contributed by atoms with van der Waals surface area (Å²) in [6, 6.07) is -0.366. The highest BCUT2D eigenvalue weighted by atomic mass is 32.2. The molecule has 1 unspecified atom stereocenters. The van der Waals surface area contributed by atoms with E-state index in [1.807, 2.05) is 13.0 Å². The third-order valence-corrected chi connectivity index (χ3v) is 6.37. The van der Waals surface area contributed by atoms with Gasteiger partial charge < -0.3 is 25.3 Å². The van der Waals surface area contributed by atoms with Gasteiger partial charge in [-0.2, -0.15) is 0 Å². The monoisotopic (exact) mass is 424 g/mol. The Kier molecular flexibility index (Phi) is 8.15. The van der Waals surface area contributed by atoms with Crippen molar-refractivity contribution in [2.45, 2.75) is 65.3 Å². The normalized spacial score (nSPS) is 25.5. The van der Waals surface area contributed by atoms with Crippen LogP contribution in [0, 0.1) is 0 Å². The average molecular weight is 425 g/mol. The Morgan fingerprint density at radius 3 is 2.76 bits per heavy atom. The van der Waals surface area contributed by atoms with Gasteiger partial charge in [-0.05, 0) is 34.1 Å². The molecular formula is C20H32N4O4S. The second kappa shape index (κ2) is 10.2. The average Bonchev–Trinajstić information content (AvgIpc) is 3.11. The summed E-state index contributed by atoms with van der Waals surface area (Å²) >= 11 is 1.39. The van der Waals surface area contributed by atoms with Crippen molar-refractivity contribution in [3.8, 4) is 0 Å². The van der Waals surface area contributed by atoms with Gasteiger partial charge in [0.05, 0.1) is 6.04 Å². The van der Waals surface area contributed by atoms with Gasteiger partial charge in [0.25, 0.3) is 0 Å². The number of nitrogens with one attached hydrogen (secondary N) is 1. The van der Waals surface area contributed by atoms with Crippen LogP contribution in [0.15, 0.2) is 33.8 Å². The third-order valence-electron chi connectivity index (χ3n) is 5.00. The molecule has 162 valence electrons. The molecule has 0 spiro atoms. The summed E-state index contributed by atoms with van der Waals surface area (Å²) in [6.07, 6.45) is 4.02. The van der Waals surface area contributed by atoms with Gasteiger partial charge in [-0.25, -0.2) is 0 Å². The maximum atomic E-state index is 13.1. The maximum Gasteiger partial charge on any atom is 0.249 e. The number of nitrogens with zero attached hydrogens (tertiary/aromatic N) is 3. The number of ether oxygens (including phenoxy) is 1. The number of oxime groups is 1. The summed E-state index contributed by atoms with van der Waals surface area (Å²) in [4.78, 5) is 19.7. The number of carbonyl (C=O) groups is 1. The SMILES string of the molecule is CCC[C@@H](NC(=O)[C@]1(C)CSC(/C(C)=N/O)=N1)C1=CC(N(CC)CC)=CC(O)O1. The topological polar surface area (TPSA) is 107 Å². The molecule has 0 saturated carbocycles. The molecule has 0 aromatic heterocycles. The summed E-state index contributed by atoms with van der Waals surface area (Å²) in [6.45, 7) is 11.2. The first kappa shape index (κ1) is 23.3. The highest BCUT2D eigenvalue weighted by Crippen LogP contribution is 2.30. The first-order chi connectivity index (χ1) is 13.8. The zero-order valence-electron chi connectivity index (χ0n) is 17.8. The number of allylic oxidation sites excluding steroid dienone is 1. The van der Waals surface area contributed by atoms with Gasteiger partial charge in [0.2, 0.25) is 12.2 Å². The molecule has 0 aromatic carbocycles. The fourth-order valence-electron chi connectivity index (χ4n) is 3.25. The summed E-state index contributed by atoms with van der Waals surface area (Å²) in [5.74, 6) is 0.790. The van der Waals surface area contributed by atoms with Crippen molar-refractivity contribution < 1.29 is 19.8 Å². The first-order valence-corrected chi connectivity index (χ1v) is 11.0. The predicted molar refractivity (Wildman–Crippen MR) is 116 cm³/mol. The number of likely N-dealkylation sites (N-methyl/N-ethyl adjacent to an activating group) is 1. The quantitative estimate of drug-likeness (QED) is 0.298. The van der Waals surface area contributed by atoms with Crippen LogP contribution >= 0.6 is 11.8 Å². The van der Waals surface area contributed by atoms with Gasteiger partial charge in [-0.15, -0.1) is 11.8 Å². The molecule has 3 atom stereocenters. The minimum atomic E-state index is -1.05. The zero-order chi connectivity index (χ0) is 21.6. The molecule has 9 heteroatoms. The Morgan fingerprint density at radius 1 is 1.48 bits per heavy atom. The van der Waals surface area contributed by atoms with Crippen molar-refractivity contribution in [2.75, 3.05) is 18.8 Å². The molecule has 0 saturated heterocycles. The Hall–Kier alpha value is -2.00. The molecule has 2 aliphatic heterocycles. The third kappa shape index (κ3) is 5.54. The van der Waals surface area contributed by atoms with Gasteiger partial charge in [-0.3, -0.25) is 9.79 Å². The lowest BCUT2D eigenvalue weighted by Gasteiger charge is -2.32. The van der Waals surface area contributed by atoms with Crippen LogP contribution < -0.4 is 5.32 Å². The van der Waals surface area contributed by atoms with Crippen molar-refractivity contribution >= 4 is 28.4 Å². The lowest BCUT2D eigenvalue weighted by molar-refractivity contribution is -0.126. The van der Waals surface area contributed by atoms with Crippen LogP contribution in [-0.2, 0) is 9.53 Å². The molecule has 8 nitrogen and oxygen atoms in total. The Morgan fingerprint density at radius 2 is 2.17 bits per heavy atom. The molecule has 3 N–H and O–H groups in total. The molecule has 0 bridgehead atoms. The lowest BCUT2D eigenvalue weighted by Crippen LogP contribution is -2.49. The van der Waals surface area contributed by atoms with Crippen molar-refractivity contribution in [1.82, 2.24) is 10.2 Å². The number of carbonyl (C=O) groups excluding carboxylic acids is 1. The number of thioether (sulfide) groups is 1. The van der Waals surface area contributed by atoms with Crippen molar-refractivity contribution in [3.05, 3.63) is 23.6 Å². The van der Waals surface area contributed by atoms with Crippen LogP contribution in [0.4, 0.5) is 0 Å². The fraction of sp³-hybridized carbons (Fsp3) is 0.650. The van der Waals surface area contributed by atoms with E-state index < -0.39 is 11.8 Å². The lowest BCUT2D eigenvalue weighted by atomic mass is 10.0. The van der Waals surface area contributed by atoms with E-state index in [1.54, 1.807) is 19.9 Å². The standard InChI is InChI=1S/C20H32N4O4S/c1-6-9-15(16-10-14(11-17(25)28-16)24(7-2)8-3)21-19(26)20(5)12-29-18(22-20)13(4)23-27/h10-11,15,17,25,27H,6-9,12H2,1-5H3,(H,21,26)/b23-13+/t15-,17?,20+/m1/s1. The van der Waals surface area contributed by atoms with Gasteiger partial charge in [-0.1, -0.05) is 18.5 Å². The molecule has 2 heterocycles. The number of aliphatic hydroxyl groups excluding tert-OH is 1. The van der Waals surface area contributed by atoms with Crippen LogP contribution in [0.5, 0.6) is 0 Å². The van der Waals surface area contributed by atoms with E-state index in [0.29, 0.717) is 28.7 Å². The van der Waals surface area contributed by atoms with Gasteiger partial charge in [0, 0.05) is 36.7 Å². The summed E-state index contributed by atoms with van der Waals surface area (Å²) in [5.41, 5.74) is 0.326. The number of aliphatic imine (C=N–C) groups is 1. The van der Waals surface area contributed by atoms with E-state index in [1.165, 1.54) is 11.8 Å². The molecule has 2 rings (SSSR count). The molecule has 0 fully saturated rings. The Labute approximate surface area is 176 Å². The highest BCUT2D eigenvalue weighted by molar-refractivity contribution is 8.16. The van der Waals surface area contributed by atoms with Crippen LogP contribution in [0.3, 0.4) is 0 Å². The van der Waals surface area contributed by atoms with E-state index in [2.05, 4.69) is 34.2 Å². The van der Waals surface area contributed by atoms with Gasteiger partial charge >= 0.3 is 0 Å². The zero-order valence-corrected chi connectivity index (χ0v) is 18.6. The van der Waals surface area contributed by atoms with E-state index >= 15 is 0 Å². The number of amides is 1. The molecular weight excluding hydrogens is 392 g/mol. The Bertz CT molecular complexity index is 730. The van der Waals surface area contributed by atoms with Crippen LogP contribution in [-0.4, -0.2) is 68.6 Å². The molecule has 0 radical (unpaired) electrons.